The average molecular weight is 464 g/mol. The lowest BCUT2D eigenvalue weighted by atomic mass is 10.0. The number of aromatic nitrogens is 1. The predicted octanol–water partition coefficient (Wildman–Crippen LogP) is 5.89. The Morgan fingerprint density at radius 3 is 2.55 bits per heavy atom. The second-order valence-electron chi connectivity index (χ2n) is 7.73. The van der Waals surface area contributed by atoms with Gasteiger partial charge in [0.1, 0.15) is 17.1 Å². The van der Waals surface area contributed by atoms with Crippen molar-refractivity contribution in [2.24, 2.45) is 0 Å². The predicted molar refractivity (Wildman–Crippen MR) is 130 cm³/mol. The van der Waals surface area contributed by atoms with E-state index < -0.39 is 11.7 Å². The Balaban J connectivity index is 1.56. The van der Waals surface area contributed by atoms with Crippen LogP contribution in [0.3, 0.4) is 0 Å². The third-order valence-electron chi connectivity index (χ3n) is 5.11. The molecule has 0 spiro atoms. The van der Waals surface area contributed by atoms with Crippen LogP contribution in [0.4, 0.5) is 10.1 Å². The van der Waals surface area contributed by atoms with E-state index in [1.807, 2.05) is 24.3 Å². The number of nitrogens with zero attached hydrogens (tertiary/aromatic N) is 1. The fourth-order valence-electron chi connectivity index (χ4n) is 3.30. The Labute approximate surface area is 195 Å². The van der Waals surface area contributed by atoms with Crippen molar-refractivity contribution in [3.63, 3.8) is 0 Å². The van der Waals surface area contributed by atoms with E-state index in [2.05, 4.69) is 29.5 Å². The largest absolute Gasteiger partial charge is 0.495 e. The summed E-state index contributed by atoms with van der Waals surface area (Å²) in [7, 11) is 1.53. The number of nitrogens with one attached hydrogen (secondary N) is 2. The van der Waals surface area contributed by atoms with E-state index in [0.29, 0.717) is 34.4 Å². The first-order valence-electron chi connectivity index (χ1n) is 10.3. The van der Waals surface area contributed by atoms with Gasteiger partial charge in [0, 0.05) is 11.1 Å². The quantitative estimate of drug-likeness (QED) is 0.359. The van der Waals surface area contributed by atoms with Gasteiger partial charge < -0.3 is 14.5 Å². The molecule has 1 amide bonds. The molecule has 0 radical (unpaired) electrons. The number of amides is 1. The van der Waals surface area contributed by atoms with Crippen molar-refractivity contribution in [2.75, 3.05) is 12.4 Å². The number of methoxy groups -OCH3 is 1. The fourth-order valence-corrected chi connectivity index (χ4v) is 3.50. The number of oxazole rings is 1. The van der Waals surface area contributed by atoms with Gasteiger partial charge in [0.15, 0.2) is 10.7 Å². The molecule has 0 aliphatic rings. The van der Waals surface area contributed by atoms with Crippen LogP contribution in [0, 0.1) is 5.82 Å². The van der Waals surface area contributed by atoms with Crippen molar-refractivity contribution in [1.29, 1.82) is 0 Å². The van der Waals surface area contributed by atoms with E-state index in [9.17, 15) is 9.18 Å². The lowest BCUT2D eigenvalue weighted by Crippen LogP contribution is -2.34. The van der Waals surface area contributed by atoms with E-state index in [4.69, 9.17) is 21.4 Å². The topological polar surface area (TPSA) is 76.4 Å². The number of ether oxygens (including phenoxy) is 1. The minimum absolute atomic E-state index is 0.0684. The van der Waals surface area contributed by atoms with E-state index >= 15 is 0 Å². The van der Waals surface area contributed by atoms with Gasteiger partial charge in [0.25, 0.3) is 5.91 Å². The number of hydrogen-bond acceptors (Lipinski definition) is 5. The molecule has 0 aliphatic heterocycles. The third-order valence-corrected chi connectivity index (χ3v) is 5.31. The fraction of sp³-hybridized carbons (Fsp3) is 0.160. The molecule has 8 heteroatoms. The van der Waals surface area contributed by atoms with Crippen molar-refractivity contribution in [2.45, 2.75) is 19.8 Å². The summed E-state index contributed by atoms with van der Waals surface area (Å²) >= 11 is 5.28. The molecule has 2 N–H and O–H groups in total. The first kappa shape index (κ1) is 22.4. The molecule has 0 atom stereocenters. The molecule has 6 nitrogen and oxygen atoms in total. The number of carbonyl (C=O) groups is 1. The molecule has 0 bridgehead atoms. The smallest absolute Gasteiger partial charge is 0.257 e. The van der Waals surface area contributed by atoms with Crippen molar-refractivity contribution >= 4 is 40.0 Å². The van der Waals surface area contributed by atoms with Gasteiger partial charge >= 0.3 is 0 Å². The molecule has 1 aromatic heterocycles. The highest BCUT2D eigenvalue weighted by Crippen LogP contribution is 2.32. The zero-order valence-corrected chi connectivity index (χ0v) is 19.1. The van der Waals surface area contributed by atoms with Gasteiger partial charge in [-0.05, 0) is 78.3 Å². The van der Waals surface area contributed by atoms with E-state index in [0.717, 1.165) is 5.52 Å². The highest BCUT2D eigenvalue weighted by molar-refractivity contribution is 7.80. The van der Waals surface area contributed by atoms with Gasteiger partial charge in [0.05, 0.1) is 12.8 Å². The van der Waals surface area contributed by atoms with Crippen LogP contribution >= 0.6 is 12.2 Å². The summed E-state index contributed by atoms with van der Waals surface area (Å²) in [5.74, 6) is 0.488. The Hall–Kier alpha value is -3.78. The first-order chi connectivity index (χ1) is 15.8. The maximum atomic E-state index is 13.1. The maximum Gasteiger partial charge on any atom is 0.257 e. The van der Waals surface area contributed by atoms with Crippen LogP contribution in [0.25, 0.3) is 22.6 Å². The summed E-state index contributed by atoms with van der Waals surface area (Å²) in [6.45, 7) is 4.25. The monoisotopic (exact) mass is 463 g/mol. The number of carbonyl (C=O) groups excluding carboxylic acids is 1. The van der Waals surface area contributed by atoms with Crippen LogP contribution in [0.2, 0.25) is 0 Å². The van der Waals surface area contributed by atoms with E-state index in [1.165, 1.54) is 36.9 Å². The number of rotatable bonds is 5. The molecule has 3 aromatic carbocycles. The van der Waals surface area contributed by atoms with Gasteiger partial charge in [-0.25, -0.2) is 9.37 Å². The van der Waals surface area contributed by atoms with Crippen LogP contribution in [-0.2, 0) is 0 Å². The number of hydrogen-bond donors (Lipinski definition) is 2. The van der Waals surface area contributed by atoms with Crippen LogP contribution in [-0.4, -0.2) is 23.1 Å². The van der Waals surface area contributed by atoms with Crippen LogP contribution in [0.5, 0.6) is 5.75 Å². The van der Waals surface area contributed by atoms with Gasteiger partial charge in [0.2, 0.25) is 5.89 Å². The van der Waals surface area contributed by atoms with Crippen LogP contribution < -0.4 is 15.4 Å². The summed E-state index contributed by atoms with van der Waals surface area (Å²) in [5.41, 5.74) is 4.19. The molecule has 168 valence electrons. The summed E-state index contributed by atoms with van der Waals surface area (Å²) in [6, 6.07) is 16.5. The molecule has 4 rings (SSSR count). The normalized spacial score (nSPS) is 10.9. The number of thiocarbonyl (C=S) groups is 1. The summed E-state index contributed by atoms with van der Waals surface area (Å²) < 4.78 is 24.4. The molecule has 1 heterocycles. The van der Waals surface area contributed by atoms with Gasteiger partial charge in [-0.15, -0.1) is 0 Å². The molecular formula is C25H22FN3O3S. The van der Waals surface area contributed by atoms with Gasteiger partial charge in [-0.1, -0.05) is 19.9 Å². The summed E-state index contributed by atoms with van der Waals surface area (Å²) in [6.07, 6.45) is 0. The average Bonchev–Trinajstić information content (AvgIpc) is 3.22. The second-order valence-corrected chi connectivity index (χ2v) is 8.14. The SMILES string of the molecule is COc1ccc(-c2nc3cc(C(C)C)ccc3o2)cc1NC(=S)NC(=O)c1ccc(F)cc1. The summed E-state index contributed by atoms with van der Waals surface area (Å²) in [4.78, 5) is 17.0. The maximum absolute atomic E-state index is 13.1. The Kier molecular flexibility index (Phi) is 6.37. The molecule has 0 unspecified atom stereocenters. The minimum Gasteiger partial charge on any atom is -0.495 e. The minimum atomic E-state index is -0.456. The van der Waals surface area contributed by atoms with E-state index in [-0.39, 0.29) is 10.7 Å². The van der Waals surface area contributed by atoms with E-state index in [1.54, 1.807) is 12.1 Å². The number of halogens is 1. The number of benzene rings is 3. The zero-order valence-electron chi connectivity index (χ0n) is 18.3. The van der Waals surface area contributed by atoms with Gasteiger partial charge in [-0.3, -0.25) is 10.1 Å². The highest BCUT2D eigenvalue weighted by atomic mass is 32.1. The standard InChI is InChI=1S/C25H22FN3O3S/c1-14(2)16-6-11-22-20(12-16)27-24(32-22)17-7-10-21(31-3)19(13-17)28-25(33)29-23(30)15-4-8-18(26)9-5-15/h4-14H,1-3H3,(H2,28,29,30,33). The summed E-state index contributed by atoms with van der Waals surface area (Å²) in [5, 5.41) is 5.62. The molecule has 0 saturated heterocycles. The Bertz CT molecular complexity index is 1330. The lowest BCUT2D eigenvalue weighted by Gasteiger charge is -2.13. The van der Waals surface area contributed by atoms with Gasteiger partial charge in [-0.2, -0.15) is 0 Å². The second kappa shape index (κ2) is 9.38. The van der Waals surface area contributed by atoms with Crippen molar-refractivity contribution in [1.82, 2.24) is 10.3 Å². The highest BCUT2D eigenvalue weighted by Gasteiger charge is 2.15. The van der Waals surface area contributed by atoms with Crippen LogP contribution in [0.15, 0.2) is 65.1 Å². The number of anilines is 1. The molecule has 33 heavy (non-hydrogen) atoms. The molecule has 0 fully saturated rings. The molecule has 0 aliphatic carbocycles. The zero-order chi connectivity index (χ0) is 23.5. The Morgan fingerprint density at radius 1 is 1.09 bits per heavy atom. The Morgan fingerprint density at radius 2 is 1.85 bits per heavy atom. The molecule has 0 saturated carbocycles. The third kappa shape index (κ3) is 5.01. The molecular weight excluding hydrogens is 441 g/mol. The van der Waals surface area contributed by atoms with Crippen molar-refractivity contribution in [3.8, 4) is 17.2 Å². The number of fused-ring (bicyclic) bond motifs is 1. The van der Waals surface area contributed by atoms with Crippen molar-refractivity contribution < 1.29 is 18.3 Å². The van der Waals surface area contributed by atoms with Crippen molar-refractivity contribution in [3.05, 3.63) is 77.6 Å². The first-order valence-corrected chi connectivity index (χ1v) is 10.7. The molecule has 4 aromatic rings. The van der Waals surface area contributed by atoms with Crippen LogP contribution in [0.1, 0.15) is 35.7 Å². The lowest BCUT2D eigenvalue weighted by molar-refractivity contribution is 0.0977.